The third kappa shape index (κ3) is 4.29. The lowest BCUT2D eigenvalue weighted by Crippen LogP contribution is -2.11. The minimum absolute atomic E-state index is 0.00970. The smallest absolute Gasteiger partial charge is 0.339 e. The van der Waals surface area contributed by atoms with Gasteiger partial charge in [-0.3, -0.25) is 0 Å². The van der Waals surface area contributed by atoms with Crippen LogP contribution in [0.5, 0.6) is 0 Å². The van der Waals surface area contributed by atoms with Crippen LogP contribution in [0.4, 0.5) is 0 Å². The predicted molar refractivity (Wildman–Crippen MR) is 99.6 cm³/mol. The summed E-state index contributed by atoms with van der Waals surface area (Å²) in [6, 6.07) is 10.4. The third-order valence-corrected chi connectivity index (χ3v) is 4.93. The number of hydrogen-bond acceptors (Lipinski definition) is 7. The van der Waals surface area contributed by atoms with Gasteiger partial charge in [0.25, 0.3) is 0 Å². The average Bonchev–Trinajstić information content (AvgIpc) is 3.55. The van der Waals surface area contributed by atoms with E-state index >= 15 is 0 Å². The summed E-state index contributed by atoms with van der Waals surface area (Å²) in [6.45, 7) is -0.00970. The van der Waals surface area contributed by atoms with Gasteiger partial charge in [-0.15, -0.1) is 11.8 Å². The monoisotopic (exact) mass is 382 g/mol. The number of carbonyl (C=O) groups is 2. The van der Waals surface area contributed by atoms with Crippen molar-refractivity contribution in [3.05, 3.63) is 58.3 Å². The van der Waals surface area contributed by atoms with Crippen molar-refractivity contribution < 1.29 is 19.1 Å². The number of benzene rings is 1. The highest BCUT2D eigenvalue weighted by Crippen LogP contribution is 2.40. The number of hydrogen-bond donors (Lipinski definition) is 0. The molecule has 1 aromatic carbocycles. The molecule has 0 aliphatic heterocycles. The Bertz CT molecular complexity index is 932. The highest BCUT2D eigenvalue weighted by Gasteiger charge is 2.29. The Morgan fingerprint density at radius 3 is 2.70 bits per heavy atom. The van der Waals surface area contributed by atoms with Crippen molar-refractivity contribution in [2.24, 2.45) is 0 Å². The van der Waals surface area contributed by atoms with Gasteiger partial charge in [-0.25, -0.2) is 14.6 Å². The molecule has 6 nitrogen and oxygen atoms in total. The van der Waals surface area contributed by atoms with Crippen LogP contribution in [0.25, 0.3) is 0 Å². The molecule has 0 bridgehead atoms. The lowest BCUT2D eigenvalue weighted by Gasteiger charge is -2.11. The third-order valence-electron chi connectivity index (χ3n) is 4.24. The van der Waals surface area contributed by atoms with Gasteiger partial charge in [-0.1, -0.05) is 12.1 Å². The van der Waals surface area contributed by atoms with Gasteiger partial charge >= 0.3 is 11.9 Å². The second-order valence-electron chi connectivity index (χ2n) is 6.13. The van der Waals surface area contributed by atoms with Gasteiger partial charge in [-0.2, -0.15) is 5.26 Å². The fourth-order valence-electron chi connectivity index (χ4n) is 2.68. The van der Waals surface area contributed by atoms with Crippen molar-refractivity contribution in [2.75, 3.05) is 13.4 Å². The van der Waals surface area contributed by atoms with Crippen molar-refractivity contribution in [3.63, 3.8) is 0 Å². The zero-order chi connectivity index (χ0) is 19.4. The van der Waals surface area contributed by atoms with Crippen molar-refractivity contribution in [1.29, 1.82) is 5.26 Å². The molecule has 1 saturated carbocycles. The van der Waals surface area contributed by atoms with E-state index in [0.29, 0.717) is 22.1 Å². The quantitative estimate of drug-likeness (QED) is 0.556. The van der Waals surface area contributed by atoms with Crippen LogP contribution in [-0.4, -0.2) is 30.3 Å². The van der Waals surface area contributed by atoms with E-state index in [4.69, 9.17) is 9.47 Å². The Balaban J connectivity index is 1.81. The van der Waals surface area contributed by atoms with E-state index in [-0.39, 0.29) is 17.7 Å². The maximum atomic E-state index is 12.6. The normalized spacial score (nSPS) is 12.9. The fourth-order valence-corrected chi connectivity index (χ4v) is 3.23. The maximum Gasteiger partial charge on any atom is 0.339 e. The number of carbonyl (C=O) groups excluding carboxylic acids is 2. The molecule has 0 amide bonds. The van der Waals surface area contributed by atoms with Crippen LogP contribution in [0.15, 0.2) is 35.4 Å². The minimum atomic E-state index is -0.574. The summed E-state index contributed by atoms with van der Waals surface area (Å²) in [5.41, 5.74) is 2.35. The van der Waals surface area contributed by atoms with Gasteiger partial charge in [0.15, 0.2) is 0 Å². The van der Waals surface area contributed by atoms with Crippen LogP contribution in [0.2, 0.25) is 0 Å². The Labute approximate surface area is 161 Å². The van der Waals surface area contributed by atoms with E-state index in [9.17, 15) is 14.9 Å². The summed E-state index contributed by atoms with van der Waals surface area (Å²) >= 11 is 1.34. The molecule has 0 N–H and O–H groups in total. The van der Waals surface area contributed by atoms with Crippen molar-refractivity contribution >= 4 is 23.7 Å². The summed E-state index contributed by atoms with van der Waals surface area (Å²) in [7, 11) is 1.31. The summed E-state index contributed by atoms with van der Waals surface area (Å²) in [6.07, 6.45) is 3.91. The highest BCUT2D eigenvalue weighted by atomic mass is 32.2. The number of pyridine rings is 1. The highest BCUT2D eigenvalue weighted by molar-refractivity contribution is 7.98. The number of aromatic nitrogens is 1. The van der Waals surface area contributed by atoms with Crippen molar-refractivity contribution in [2.45, 2.75) is 30.4 Å². The molecule has 0 unspecified atom stereocenters. The van der Waals surface area contributed by atoms with Gasteiger partial charge in [0.05, 0.1) is 23.8 Å². The molecule has 7 heteroatoms. The Kier molecular flexibility index (Phi) is 5.77. The first-order valence-electron chi connectivity index (χ1n) is 8.40. The summed E-state index contributed by atoms with van der Waals surface area (Å²) in [4.78, 5) is 28.8. The minimum Gasteiger partial charge on any atom is -0.465 e. The van der Waals surface area contributed by atoms with E-state index in [1.54, 1.807) is 30.3 Å². The summed E-state index contributed by atoms with van der Waals surface area (Å²) in [5.74, 6) is -0.677. The zero-order valence-electron chi connectivity index (χ0n) is 15.0. The second-order valence-corrected chi connectivity index (χ2v) is 6.93. The van der Waals surface area contributed by atoms with Gasteiger partial charge in [0.1, 0.15) is 17.7 Å². The van der Waals surface area contributed by atoms with Crippen molar-refractivity contribution in [1.82, 2.24) is 4.98 Å². The van der Waals surface area contributed by atoms with Gasteiger partial charge in [-0.05, 0) is 42.9 Å². The average molecular weight is 382 g/mol. The topological polar surface area (TPSA) is 89.3 Å². The van der Waals surface area contributed by atoms with Gasteiger partial charge < -0.3 is 9.47 Å². The van der Waals surface area contributed by atoms with Crippen LogP contribution in [0.1, 0.15) is 56.3 Å². The molecule has 1 aliphatic rings. The van der Waals surface area contributed by atoms with Crippen LogP contribution in [0, 0.1) is 11.3 Å². The maximum absolute atomic E-state index is 12.6. The van der Waals surface area contributed by atoms with Gasteiger partial charge in [0.2, 0.25) is 0 Å². The van der Waals surface area contributed by atoms with E-state index in [1.165, 1.54) is 18.9 Å². The van der Waals surface area contributed by atoms with Crippen LogP contribution in [0.3, 0.4) is 0 Å². The van der Waals surface area contributed by atoms with Crippen LogP contribution in [-0.2, 0) is 16.1 Å². The Hall–Kier alpha value is -2.85. The largest absolute Gasteiger partial charge is 0.465 e. The van der Waals surface area contributed by atoms with Gasteiger partial charge in [0, 0.05) is 11.6 Å². The first-order chi connectivity index (χ1) is 13.1. The van der Waals surface area contributed by atoms with E-state index < -0.39 is 11.9 Å². The molecular weight excluding hydrogens is 364 g/mol. The molecular formula is C20H18N2O4S. The predicted octanol–water partition coefficient (Wildman–Crippen LogP) is 3.70. The molecule has 0 spiro atoms. The fraction of sp³-hybridized carbons (Fsp3) is 0.300. The molecule has 27 heavy (non-hydrogen) atoms. The lowest BCUT2D eigenvalue weighted by atomic mass is 10.1. The Morgan fingerprint density at radius 1 is 1.30 bits per heavy atom. The molecule has 1 aromatic heterocycles. The Morgan fingerprint density at radius 2 is 2.07 bits per heavy atom. The number of rotatable bonds is 6. The molecule has 0 radical (unpaired) electrons. The summed E-state index contributed by atoms with van der Waals surface area (Å²) < 4.78 is 10.1. The molecule has 3 rings (SSSR count). The second kappa shape index (κ2) is 8.23. The molecule has 1 aliphatic carbocycles. The molecule has 0 atom stereocenters. The standard InChI is InChI=1S/C20H18N2O4S/c1-25-19(23)14-5-3-4-12(8-14)11-26-20(24)15-9-17(13-6-7-13)22-18(27-2)16(15)10-21/h3-5,8-9,13H,6-7,11H2,1-2H3. The lowest BCUT2D eigenvalue weighted by molar-refractivity contribution is 0.0471. The SMILES string of the molecule is COC(=O)c1cccc(COC(=O)c2cc(C3CC3)nc(SC)c2C#N)c1. The van der Waals surface area contributed by atoms with Crippen LogP contribution >= 0.6 is 11.8 Å². The van der Waals surface area contributed by atoms with E-state index in [1.807, 2.05) is 6.26 Å². The molecule has 1 fully saturated rings. The first kappa shape index (κ1) is 18.9. The number of thioether (sulfide) groups is 1. The number of methoxy groups -OCH3 is 1. The first-order valence-corrected chi connectivity index (χ1v) is 9.63. The number of ether oxygens (including phenoxy) is 2. The number of nitrogens with zero attached hydrogens (tertiary/aromatic N) is 2. The molecule has 138 valence electrons. The summed E-state index contributed by atoms with van der Waals surface area (Å²) in [5, 5.41) is 10.0. The van der Waals surface area contributed by atoms with Crippen LogP contribution < -0.4 is 0 Å². The number of esters is 2. The molecule has 2 aromatic rings. The zero-order valence-corrected chi connectivity index (χ0v) is 15.8. The molecule has 0 saturated heterocycles. The van der Waals surface area contributed by atoms with E-state index in [2.05, 4.69) is 11.1 Å². The molecule has 1 heterocycles. The number of nitriles is 1. The van der Waals surface area contributed by atoms with E-state index in [0.717, 1.165) is 18.5 Å². The van der Waals surface area contributed by atoms with Crippen molar-refractivity contribution in [3.8, 4) is 6.07 Å².